The minimum atomic E-state index is -0.455. The molecule has 1 aromatic carbocycles. The van der Waals surface area contributed by atoms with E-state index >= 15 is 0 Å². The van der Waals surface area contributed by atoms with Gasteiger partial charge in [-0.25, -0.2) is 9.69 Å². The molecule has 3 aromatic rings. The molecule has 2 aromatic heterocycles. The second-order valence-corrected chi connectivity index (χ2v) is 7.78. The van der Waals surface area contributed by atoms with Gasteiger partial charge in [-0.15, -0.1) is 0 Å². The van der Waals surface area contributed by atoms with E-state index in [4.69, 9.17) is 4.52 Å². The number of carbonyl (C=O) groups excluding carboxylic acids is 2. The average molecular weight is 391 g/mol. The van der Waals surface area contributed by atoms with Crippen LogP contribution in [0.2, 0.25) is 0 Å². The lowest BCUT2D eigenvalue weighted by Gasteiger charge is -2.29. The molecule has 1 atom stereocenters. The quantitative estimate of drug-likeness (QED) is 0.641. The predicted molar refractivity (Wildman–Crippen MR) is 104 cm³/mol. The average Bonchev–Trinajstić information content (AvgIpc) is 3.34. The van der Waals surface area contributed by atoms with Crippen LogP contribution >= 0.6 is 0 Å². The summed E-state index contributed by atoms with van der Waals surface area (Å²) in [7, 11) is 0. The van der Waals surface area contributed by atoms with Crippen molar-refractivity contribution in [3.8, 4) is 0 Å². The molecule has 0 bridgehead atoms. The molecule has 0 N–H and O–H groups in total. The molecule has 8 heteroatoms. The second kappa shape index (κ2) is 6.30. The number of carbonyl (C=O) groups is 2. The minimum Gasteiger partial charge on any atom is -0.361 e. The van der Waals surface area contributed by atoms with Gasteiger partial charge in [-0.2, -0.15) is 5.10 Å². The first-order valence-corrected chi connectivity index (χ1v) is 9.59. The Kier molecular flexibility index (Phi) is 3.84. The van der Waals surface area contributed by atoms with Gasteiger partial charge >= 0.3 is 6.03 Å². The molecule has 1 fully saturated rings. The summed E-state index contributed by atoms with van der Waals surface area (Å²) in [6, 6.07) is 5.46. The Balaban J connectivity index is 1.41. The molecule has 29 heavy (non-hydrogen) atoms. The summed E-state index contributed by atoms with van der Waals surface area (Å²) in [5, 5.41) is 8.29. The number of aromatic nitrogens is 3. The Labute approximate surface area is 167 Å². The van der Waals surface area contributed by atoms with E-state index in [2.05, 4.69) is 22.4 Å². The highest BCUT2D eigenvalue weighted by Gasteiger charge is 2.48. The molecule has 0 unspecified atom stereocenters. The van der Waals surface area contributed by atoms with E-state index in [-0.39, 0.29) is 11.9 Å². The molecule has 0 saturated carbocycles. The lowest BCUT2D eigenvalue weighted by atomic mass is 9.93. The highest BCUT2D eigenvalue weighted by molar-refractivity contribution is 6.21. The molecule has 3 amide bonds. The maximum Gasteiger partial charge on any atom is 0.332 e. The van der Waals surface area contributed by atoms with Gasteiger partial charge in [-0.05, 0) is 31.9 Å². The molecule has 2 aliphatic rings. The monoisotopic (exact) mass is 391 g/mol. The highest BCUT2D eigenvalue weighted by Crippen LogP contribution is 2.33. The second-order valence-electron chi connectivity index (χ2n) is 7.78. The van der Waals surface area contributed by atoms with Crippen molar-refractivity contribution in [3.63, 3.8) is 0 Å². The number of rotatable bonds is 3. The first-order valence-electron chi connectivity index (χ1n) is 9.59. The number of urea groups is 1. The number of amides is 3. The molecule has 8 nitrogen and oxygen atoms in total. The summed E-state index contributed by atoms with van der Waals surface area (Å²) in [4.78, 5) is 29.0. The fraction of sp³-hybridized carbons (Fsp3) is 0.333. The van der Waals surface area contributed by atoms with E-state index in [0.29, 0.717) is 25.2 Å². The normalized spacial score (nSPS) is 18.4. The Bertz CT molecular complexity index is 1130. The lowest BCUT2D eigenvalue weighted by molar-refractivity contribution is -0.120. The maximum absolute atomic E-state index is 13.1. The fourth-order valence-electron chi connectivity index (χ4n) is 4.19. The van der Waals surface area contributed by atoms with E-state index in [0.717, 1.165) is 33.7 Å². The van der Waals surface area contributed by atoms with Crippen molar-refractivity contribution in [2.45, 2.75) is 46.3 Å². The van der Waals surface area contributed by atoms with Crippen molar-refractivity contribution in [3.05, 3.63) is 64.3 Å². The van der Waals surface area contributed by atoms with Gasteiger partial charge in [0.2, 0.25) is 0 Å². The van der Waals surface area contributed by atoms with Crippen molar-refractivity contribution in [1.29, 1.82) is 0 Å². The van der Waals surface area contributed by atoms with Crippen molar-refractivity contribution >= 4 is 17.6 Å². The van der Waals surface area contributed by atoms with Crippen LogP contribution in [-0.2, 0) is 24.3 Å². The van der Waals surface area contributed by atoms with Gasteiger partial charge in [0.05, 0.1) is 24.1 Å². The summed E-state index contributed by atoms with van der Waals surface area (Å²) < 4.78 is 6.89. The standard InChI is InChI=1S/C21H21N5O3/c1-12-4-5-15-7-19-20(27)26(21(28)25(19)9-16(15)6-12)17-8-22-24(10-17)11-18-13(2)23-29-14(18)3/h4-6,8,10,19H,7,9,11H2,1-3H3/t19-/m0/s1. The molecular weight excluding hydrogens is 370 g/mol. The van der Waals surface area contributed by atoms with Crippen molar-refractivity contribution in [2.24, 2.45) is 0 Å². The third kappa shape index (κ3) is 2.74. The third-order valence-electron chi connectivity index (χ3n) is 5.81. The minimum absolute atomic E-state index is 0.196. The van der Waals surface area contributed by atoms with Gasteiger partial charge in [0.1, 0.15) is 11.8 Å². The van der Waals surface area contributed by atoms with Crippen molar-refractivity contribution < 1.29 is 14.1 Å². The van der Waals surface area contributed by atoms with Gasteiger partial charge in [0.15, 0.2) is 0 Å². The van der Waals surface area contributed by atoms with Crippen LogP contribution in [0, 0.1) is 20.8 Å². The summed E-state index contributed by atoms with van der Waals surface area (Å²) in [5.74, 6) is 0.538. The summed E-state index contributed by atoms with van der Waals surface area (Å²) in [6.45, 7) is 6.68. The maximum atomic E-state index is 13.1. The number of anilines is 1. The topological polar surface area (TPSA) is 84.5 Å². The Hall–Kier alpha value is -3.42. The van der Waals surface area contributed by atoms with Gasteiger partial charge < -0.3 is 9.42 Å². The molecule has 148 valence electrons. The summed E-state index contributed by atoms with van der Waals surface area (Å²) >= 11 is 0. The SMILES string of the molecule is Cc1ccc2c(c1)CN1C(=O)N(c3cnn(Cc4c(C)noc4C)c3)C(=O)[C@@H]1C2. The number of aryl methyl sites for hydroxylation is 3. The molecule has 4 heterocycles. The number of hydrogen-bond acceptors (Lipinski definition) is 5. The smallest absolute Gasteiger partial charge is 0.332 e. The van der Waals surface area contributed by atoms with E-state index in [9.17, 15) is 9.59 Å². The van der Waals surface area contributed by atoms with Gasteiger partial charge in [0, 0.05) is 24.7 Å². The van der Waals surface area contributed by atoms with E-state index < -0.39 is 6.04 Å². The van der Waals surface area contributed by atoms with Crippen LogP contribution in [0.1, 0.15) is 33.7 Å². The van der Waals surface area contributed by atoms with Crippen molar-refractivity contribution in [2.75, 3.05) is 4.90 Å². The zero-order chi connectivity index (χ0) is 20.3. The molecule has 0 radical (unpaired) electrons. The van der Waals surface area contributed by atoms with Crippen LogP contribution in [0.5, 0.6) is 0 Å². The van der Waals surface area contributed by atoms with E-state index in [1.165, 1.54) is 4.90 Å². The summed E-state index contributed by atoms with van der Waals surface area (Å²) in [6.07, 6.45) is 3.82. The highest BCUT2D eigenvalue weighted by atomic mass is 16.5. The zero-order valence-electron chi connectivity index (χ0n) is 16.5. The Morgan fingerprint density at radius 2 is 2.00 bits per heavy atom. The zero-order valence-corrected chi connectivity index (χ0v) is 16.5. The number of fused-ring (bicyclic) bond motifs is 2. The van der Waals surface area contributed by atoms with Crippen LogP contribution < -0.4 is 4.90 Å². The lowest BCUT2D eigenvalue weighted by Crippen LogP contribution is -2.40. The van der Waals surface area contributed by atoms with Gasteiger partial charge in [-0.3, -0.25) is 9.48 Å². The summed E-state index contributed by atoms with van der Waals surface area (Å²) in [5.41, 5.74) is 5.63. The number of imide groups is 1. The van der Waals surface area contributed by atoms with Crippen molar-refractivity contribution in [1.82, 2.24) is 19.8 Å². The largest absolute Gasteiger partial charge is 0.361 e. The number of hydrogen-bond donors (Lipinski definition) is 0. The molecule has 5 rings (SSSR count). The predicted octanol–water partition coefficient (Wildman–Crippen LogP) is 2.74. The molecule has 0 aliphatic carbocycles. The van der Waals surface area contributed by atoms with Crippen LogP contribution in [0.4, 0.5) is 10.5 Å². The third-order valence-corrected chi connectivity index (χ3v) is 5.81. The van der Waals surface area contributed by atoms with E-state index in [1.54, 1.807) is 22.0 Å². The molecule has 2 aliphatic heterocycles. The van der Waals surface area contributed by atoms with Crippen LogP contribution in [-0.4, -0.2) is 37.8 Å². The Morgan fingerprint density at radius 1 is 1.17 bits per heavy atom. The fourth-order valence-corrected chi connectivity index (χ4v) is 4.19. The Morgan fingerprint density at radius 3 is 2.76 bits per heavy atom. The molecule has 0 spiro atoms. The first-order chi connectivity index (χ1) is 13.9. The van der Waals surface area contributed by atoms with Crippen LogP contribution in [0.25, 0.3) is 0 Å². The number of benzene rings is 1. The van der Waals surface area contributed by atoms with E-state index in [1.807, 2.05) is 26.8 Å². The van der Waals surface area contributed by atoms with Gasteiger partial charge in [-0.1, -0.05) is 28.9 Å². The molecule has 1 saturated heterocycles. The number of nitrogens with zero attached hydrogens (tertiary/aromatic N) is 5. The first kappa shape index (κ1) is 17.7. The van der Waals surface area contributed by atoms with Gasteiger partial charge in [0.25, 0.3) is 5.91 Å². The van der Waals surface area contributed by atoms with Crippen LogP contribution in [0.15, 0.2) is 35.1 Å². The molecular formula is C21H21N5O3. The van der Waals surface area contributed by atoms with Crippen LogP contribution in [0.3, 0.4) is 0 Å².